The number of carbonyl (C=O) groups is 2. The molecule has 0 spiro atoms. The quantitative estimate of drug-likeness (QED) is 0.687. The average Bonchev–Trinajstić information content (AvgIpc) is 2.63. The van der Waals surface area contributed by atoms with Gasteiger partial charge in [0.15, 0.2) is 0 Å². The lowest BCUT2D eigenvalue weighted by atomic mass is 10.1. The minimum Gasteiger partial charge on any atom is -0.325 e. The number of hydrogen-bond donors (Lipinski definition) is 2. The van der Waals surface area contributed by atoms with Crippen molar-refractivity contribution < 1.29 is 13.8 Å². The number of rotatable bonds is 6. The number of nitrogens with one attached hydrogen (secondary N) is 2. The fourth-order valence-corrected chi connectivity index (χ4v) is 3.53. The van der Waals surface area contributed by atoms with Crippen LogP contribution in [0.3, 0.4) is 0 Å². The first-order valence-electron chi connectivity index (χ1n) is 8.50. The third-order valence-corrected chi connectivity index (χ3v) is 5.15. The van der Waals surface area contributed by atoms with Gasteiger partial charge in [-0.15, -0.1) is 0 Å². The topological polar surface area (TPSA) is 75.3 Å². The van der Waals surface area contributed by atoms with Gasteiger partial charge >= 0.3 is 0 Å². The molecule has 0 saturated carbocycles. The van der Waals surface area contributed by atoms with E-state index < -0.39 is 10.8 Å². The third-order valence-electron chi connectivity index (χ3n) is 3.98. The molecular formula is C21H20N2O3S. The molecule has 3 aromatic carbocycles. The first kappa shape index (κ1) is 18.8. The van der Waals surface area contributed by atoms with Gasteiger partial charge in [-0.3, -0.25) is 13.8 Å². The van der Waals surface area contributed by atoms with Gasteiger partial charge in [-0.05, 0) is 30.5 Å². The minimum absolute atomic E-state index is 0.225. The summed E-state index contributed by atoms with van der Waals surface area (Å²) in [5.41, 5.74) is 2.39. The summed E-state index contributed by atoms with van der Waals surface area (Å²) < 4.78 is 12.2. The molecule has 1 atom stereocenters. The Morgan fingerprint density at radius 2 is 1.44 bits per heavy atom. The minimum atomic E-state index is -1.59. The molecule has 0 fully saturated rings. The molecule has 0 aromatic heterocycles. The predicted octanol–water partition coefficient (Wildman–Crippen LogP) is 3.47. The molecule has 0 unspecified atom stereocenters. The second-order valence-corrected chi connectivity index (χ2v) is 7.67. The van der Waals surface area contributed by atoms with Crippen LogP contribution >= 0.6 is 0 Å². The van der Waals surface area contributed by atoms with Gasteiger partial charge < -0.3 is 10.6 Å². The maximum atomic E-state index is 12.2. The van der Waals surface area contributed by atoms with Crippen LogP contribution in [0.1, 0.15) is 5.56 Å². The second kappa shape index (κ2) is 8.60. The van der Waals surface area contributed by atoms with Crippen molar-refractivity contribution in [2.75, 3.05) is 22.1 Å². The van der Waals surface area contributed by atoms with E-state index in [1.165, 1.54) is 0 Å². The van der Waals surface area contributed by atoms with E-state index in [0.717, 1.165) is 16.3 Å². The summed E-state index contributed by atoms with van der Waals surface area (Å²) in [6, 6.07) is 20.6. The highest BCUT2D eigenvalue weighted by Crippen LogP contribution is 2.22. The van der Waals surface area contributed by atoms with Gasteiger partial charge in [-0.2, -0.15) is 0 Å². The van der Waals surface area contributed by atoms with Crippen LogP contribution in [0.2, 0.25) is 0 Å². The van der Waals surface area contributed by atoms with Crippen LogP contribution in [0.15, 0.2) is 66.7 Å². The van der Waals surface area contributed by atoms with Crippen LogP contribution in [-0.2, 0) is 20.4 Å². The molecule has 2 N–H and O–H groups in total. The van der Waals surface area contributed by atoms with E-state index in [1.54, 1.807) is 18.2 Å². The monoisotopic (exact) mass is 380 g/mol. The van der Waals surface area contributed by atoms with Crippen LogP contribution in [0.5, 0.6) is 0 Å². The number of fused-ring (bicyclic) bond motifs is 1. The van der Waals surface area contributed by atoms with E-state index in [9.17, 15) is 13.8 Å². The van der Waals surface area contributed by atoms with E-state index >= 15 is 0 Å². The lowest BCUT2D eigenvalue weighted by Gasteiger charge is -2.09. The molecule has 0 radical (unpaired) electrons. The van der Waals surface area contributed by atoms with Crippen molar-refractivity contribution in [3.8, 4) is 0 Å². The maximum absolute atomic E-state index is 12.2. The summed E-state index contributed by atoms with van der Waals surface area (Å²) in [6.07, 6.45) is 0. The SMILES string of the molecule is Cc1ccc(NC(=O)C[S@](=O)CC(=O)Nc2cccc3ccccc23)cc1. The molecule has 6 heteroatoms. The molecule has 0 saturated heterocycles. The molecule has 138 valence electrons. The molecule has 5 nitrogen and oxygen atoms in total. The fraction of sp³-hybridized carbons (Fsp3) is 0.143. The average molecular weight is 380 g/mol. The molecule has 0 aliphatic carbocycles. The standard InChI is InChI=1S/C21H20N2O3S/c1-15-9-11-17(12-10-15)22-20(24)13-27(26)14-21(25)23-19-8-4-6-16-5-2-3-7-18(16)19/h2-12H,13-14H2,1H3,(H,22,24)(H,23,25)/t27-/m0/s1. The van der Waals surface area contributed by atoms with E-state index in [1.807, 2.05) is 55.5 Å². The van der Waals surface area contributed by atoms with Crippen molar-refractivity contribution in [1.29, 1.82) is 0 Å². The highest BCUT2D eigenvalue weighted by Gasteiger charge is 2.13. The van der Waals surface area contributed by atoms with E-state index in [0.29, 0.717) is 11.4 Å². The van der Waals surface area contributed by atoms with Gasteiger partial charge in [-0.25, -0.2) is 0 Å². The molecule has 3 aromatic rings. The van der Waals surface area contributed by atoms with Crippen LogP contribution in [0, 0.1) is 6.92 Å². The van der Waals surface area contributed by atoms with Gasteiger partial charge in [0, 0.05) is 27.6 Å². The molecule has 0 aliphatic heterocycles. The highest BCUT2D eigenvalue weighted by atomic mass is 32.2. The summed E-state index contributed by atoms with van der Waals surface area (Å²) in [6.45, 7) is 1.95. The molecule has 0 aliphatic rings. The molecular weight excluding hydrogens is 360 g/mol. The molecule has 0 heterocycles. The van der Waals surface area contributed by atoms with Gasteiger partial charge in [0.2, 0.25) is 11.8 Å². The largest absolute Gasteiger partial charge is 0.325 e. The highest BCUT2D eigenvalue weighted by molar-refractivity contribution is 7.86. The summed E-state index contributed by atoms with van der Waals surface area (Å²) in [4.78, 5) is 24.2. The summed E-state index contributed by atoms with van der Waals surface area (Å²) >= 11 is 0. The Bertz CT molecular complexity index is 994. The second-order valence-electron chi connectivity index (χ2n) is 6.22. The fourth-order valence-electron chi connectivity index (χ4n) is 2.70. The Morgan fingerprint density at radius 1 is 0.815 bits per heavy atom. The Balaban J connectivity index is 1.55. The van der Waals surface area contributed by atoms with Gasteiger partial charge in [0.05, 0.1) is 0 Å². The smallest absolute Gasteiger partial charge is 0.237 e. The number of aryl methyl sites for hydroxylation is 1. The number of carbonyl (C=O) groups excluding carboxylic acids is 2. The van der Waals surface area contributed by atoms with Crippen molar-refractivity contribution in [3.63, 3.8) is 0 Å². The van der Waals surface area contributed by atoms with E-state index in [2.05, 4.69) is 10.6 Å². The van der Waals surface area contributed by atoms with E-state index in [-0.39, 0.29) is 23.3 Å². The van der Waals surface area contributed by atoms with Crippen LogP contribution in [0.4, 0.5) is 11.4 Å². The van der Waals surface area contributed by atoms with Crippen LogP contribution < -0.4 is 10.6 Å². The first-order chi connectivity index (χ1) is 13.0. The van der Waals surface area contributed by atoms with Crippen LogP contribution in [-0.4, -0.2) is 27.5 Å². The lowest BCUT2D eigenvalue weighted by Crippen LogP contribution is -2.26. The summed E-state index contributed by atoms with van der Waals surface area (Å²) in [5.74, 6) is -1.22. The number of benzene rings is 3. The van der Waals surface area contributed by atoms with Gasteiger partial charge in [-0.1, -0.05) is 54.1 Å². The van der Waals surface area contributed by atoms with Gasteiger partial charge in [0.1, 0.15) is 11.5 Å². The van der Waals surface area contributed by atoms with Crippen molar-refractivity contribution in [3.05, 3.63) is 72.3 Å². The first-order valence-corrected chi connectivity index (χ1v) is 9.99. The summed E-state index contributed by atoms with van der Waals surface area (Å²) in [7, 11) is -1.59. The Hall–Kier alpha value is -2.99. The van der Waals surface area contributed by atoms with E-state index in [4.69, 9.17) is 0 Å². The molecule has 0 bridgehead atoms. The normalized spacial score (nSPS) is 11.7. The summed E-state index contributed by atoms with van der Waals surface area (Å²) in [5, 5.41) is 7.39. The molecule has 2 amide bonds. The van der Waals surface area contributed by atoms with Crippen LogP contribution in [0.25, 0.3) is 10.8 Å². The third kappa shape index (κ3) is 5.24. The lowest BCUT2D eigenvalue weighted by molar-refractivity contribution is -0.114. The number of hydrogen-bond acceptors (Lipinski definition) is 3. The number of amides is 2. The van der Waals surface area contributed by atoms with Gasteiger partial charge in [0.25, 0.3) is 0 Å². The Labute approximate surface area is 160 Å². The Morgan fingerprint density at radius 3 is 2.19 bits per heavy atom. The van der Waals surface area contributed by atoms with Crippen molar-refractivity contribution in [2.45, 2.75) is 6.92 Å². The van der Waals surface area contributed by atoms with Crippen molar-refractivity contribution >= 4 is 44.8 Å². The zero-order valence-electron chi connectivity index (χ0n) is 14.9. The number of anilines is 2. The van der Waals surface area contributed by atoms with Crippen molar-refractivity contribution in [1.82, 2.24) is 0 Å². The Kier molecular flexibility index (Phi) is 5.98. The zero-order valence-corrected chi connectivity index (χ0v) is 15.7. The predicted molar refractivity (Wildman–Crippen MR) is 110 cm³/mol. The molecule has 3 rings (SSSR count). The zero-order chi connectivity index (χ0) is 19.2. The maximum Gasteiger partial charge on any atom is 0.237 e. The van der Waals surface area contributed by atoms with Crippen molar-refractivity contribution in [2.24, 2.45) is 0 Å². The molecule has 27 heavy (non-hydrogen) atoms.